The third kappa shape index (κ3) is 10.5. The van der Waals surface area contributed by atoms with Crippen molar-refractivity contribution in [2.75, 3.05) is 6.61 Å². The molecule has 10 heteroatoms. The second-order valence-electron chi connectivity index (χ2n) is 4.75. The van der Waals surface area contributed by atoms with Gasteiger partial charge in [0.2, 0.25) is 0 Å². The van der Waals surface area contributed by atoms with Crippen LogP contribution in [0, 0.1) is 0 Å². The van der Waals surface area contributed by atoms with Crippen LogP contribution >= 0.6 is 0 Å². The first-order valence-corrected chi connectivity index (χ1v) is 7.16. The van der Waals surface area contributed by atoms with Crippen molar-refractivity contribution in [3.63, 3.8) is 0 Å². The first kappa shape index (κ1) is 22.1. The lowest BCUT2D eigenvalue weighted by Crippen LogP contribution is -2.46. The number of carbonyl (C=O) groups excluding carboxylic acids is 4. The lowest BCUT2D eigenvalue weighted by atomic mass is 10.1. The summed E-state index contributed by atoms with van der Waals surface area (Å²) in [6.45, 7) is 4.06. The highest BCUT2D eigenvalue weighted by molar-refractivity contribution is 5.71. The van der Waals surface area contributed by atoms with Crippen LogP contribution in [0.4, 0.5) is 0 Å². The van der Waals surface area contributed by atoms with Crippen LogP contribution in [-0.4, -0.2) is 60.2 Å². The average molecular weight is 359 g/mol. The number of oxime groups is 1. The summed E-state index contributed by atoms with van der Waals surface area (Å²) in [5, 5.41) is 11.2. The van der Waals surface area contributed by atoms with Crippen molar-refractivity contribution in [3.8, 4) is 0 Å². The Morgan fingerprint density at radius 2 is 1.48 bits per heavy atom. The number of hydrogen-bond acceptors (Lipinski definition) is 10. The number of nitrogens with zero attached hydrogens (tertiary/aromatic N) is 1. The molecule has 10 nitrogen and oxygen atoms in total. The van der Waals surface area contributed by atoms with Gasteiger partial charge < -0.3 is 24.2 Å². The van der Waals surface area contributed by atoms with Gasteiger partial charge in [-0.2, -0.15) is 0 Å². The molecule has 140 valence electrons. The van der Waals surface area contributed by atoms with Crippen LogP contribution in [0.1, 0.15) is 27.7 Å². The fourth-order valence-corrected chi connectivity index (χ4v) is 1.76. The van der Waals surface area contributed by atoms with Gasteiger partial charge in [-0.3, -0.25) is 19.2 Å². The fraction of sp³-hybridized carbons (Fsp3) is 0.533. The molecule has 0 rings (SSSR count). The number of esters is 4. The van der Waals surface area contributed by atoms with Gasteiger partial charge in [0.15, 0.2) is 18.3 Å². The highest BCUT2D eigenvalue weighted by Gasteiger charge is 2.36. The molecule has 0 aromatic heterocycles. The van der Waals surface area contributed by atoms with E-state index in [1.165, 1.54) is 12.2 Å². The lowest BCUT2D eigenvalue weighted by Gasteiger charge is -2.30. The fourth-order valence-electron chi connectivity index (χ4n) is 1.76. The lowest BCUT2D eigenvalue weighted by molar-refractivity contribution is -0.185. The van der Waals surface area contributed by atoms with Gasteiger partial charge in [0.1, 0.15) is 6.61 Å². The topological polar surface area (TPSA) is 138 Å². The Morgan fingerprint density at radius 3 is 1.92 bits per heavy atom. The molecule has 0 saturated heterocycles. The summed E-state index contributed by atoms with van der Waals surface area (Å²) < 4.78 is 20.0. The van der Waals surface area contributed by atoms with E-state index in [9.17, 15) is 19.2 Å². The van der Waals surface area contributed by atoms with E-state index >= 15 is 0 Å². The number of allylic oxidation sites excluding steroid dienone is 1. The number of hydrogen-bond donors (Lipinski definition) is 1. The zero-order valence-electron chi connectivity index (χ0n) is 14.3. The van der Waals surface area contributed by atoms with Crippen molar-refractivity contribution in [1.82, 2.24) is 0 Å². The predicted octanol–water partition coefficient (Wildman–Crippen LogP) is 0.361. The van der Waals surface area contributed by atoms with Gasteiger partial charge >= 0.3 is 23.9 Å². The quantitative estimate of drug-likeness (QED) is 0.203. The van der Waals surface area contributed by atoms with Gasteiger partial charge in [-0.1, -0.05) is 5.16 Å². The molecule has 25 heavy (non-hydrogen) atoms. The van der Waals surface area contributed by atoms with Gasteiger partial charge in [-0.15, -0.1) is 0 Å². The molecule has 0 aliphatic carbocycles. The molecule has 0 aromatic rings. The highest BCUT2D eigenvalue weighted by atomic mass is 16.6. The highest BCUT2D eigenvalue weighted by Crippen LogP contribution is 2.16. The van der Waals surface area contributed by atoms with Crippen LogP contribution in [0.25, 0.3) is 0 Å². The van der Waals surface area contributed by atoms with E-state index in [4.69, 9.17) is 24.2 Å². The van der Waals surface area contributed by atoms with Crippen LogP contribution < -0.4 is 0 Å². The molecule has 0 unspecified atom stereocenters. The van der Waals surface area contributed by atoms with Crippen LogP contribution in [0.3, 0.4) is 0 Å². The Labute approximate surface area is 144 Å². The van der Waals surface area contributed by atoms with Gasteiger partial charge in [-0.25, -0.2) is 0 Å². The largest absolute Gasteiger partial charge is 0.462 e. The predicted molar refractivity (Wildman–Crippen MR) is 82.7 cm³/mol. The van der Waals surface area contributed by atoms with Gasteiger partial charge in [0.05, 0.1) is 6.21 Å². The molecule has 0 spiro atoms. The maximum Gasteiger partial charge on any atom is 0.303 e. The van der Waals surface area contributed by atoms with Gasteiger partial charge in [0, 0.05) is 27.7 Å². The molecule has 0 bridgehead atoms. The van der Waals surface area contributed by atoms with E-state index in [2.05, 4.69) is 5.16 Å². The van der Waals surface area contributed by atoms with Crippen molar-refractivity contribution < 1.29 is 43.3 Å². The SMILES string of the molecule is CC(=O)OC[C@@H](OC(C)=O)[C@@H](OC(C)=O)[C@@H](/C=C/C=N/O)OC(C)=O. The summed E-state index contributed by atoms with van der Waals surface area (Å²) in [7, 11) is 0. The third-order valence-corrected chi connectivity index (χ3v) is 2.52. The first-order valence-electron chi connectivity index (χ1n) is 7.16. The molecular weight excluding hydrogens is 338 g/mol. The molecule has 0 saturated carbocycles. The summed E-state index contributed by atoms with van der Waals surface area (Å²) in [5.41, 5.74) is 0. The van der Waals surface area contributed by atoms with Crippen molar-refractivity contribution in [2.45, 2.75) is 46.0 Å². The van der Waals surface area contributed by atoms with Crippen LogP contribution in [-0.2, 0) is 38.1 Å². The van der Waals surface area contributed by atoms with Crippen molar-refractivity contribution in [2.24, 2.45) is 5.16 Å². The monoisotopic (exact) mass is 359 g/mol. The Bertz CT molecular complexity index is 541. The minimum atomic E-state index is -1.30. The molecule has 0 aliphatic rings. The normalized spacial score (nSPS) is 14.6. The van der Waals surface area contributed by atoms with E-state index in [-0.39, 0.29) is 0 Å². The second-order valence-corrected chi connectivity index (χ2v) is 4.75. The summed E-state index contributed by atoms with van der Waals surface area (Å²) in [4.78, 5) is 45.0. The molecular formula is C15H21NO9. The third-order valence-electron chi connectivity index (χ3n) is 2.52. The Kier molecular flexibility index (Phi) is 10.2. The van der Waals surface area contributed by atoms with E-state index in [1.54, 1.807) is 0 Å². The van der Waals surface area contributed by atoms with Gasteiger partial charge in [-0.05, 0) is 12.2 Å². The van der Waals surface area contributed by atoms with E-state index in [0.29, 0.717) is 0 Å². The molecule has 0 aliphatic heterocycles. The Morgan fingerprint density at radius 1 is 0.920 bits per heavy atom. The van der Waals surface area contributed by atoms with Crippen molar-refractivity contribution in [1.29, 1.82) is 0 Å². The average Bonchev–Trinajstić information content (AvgIpc) is 2.47. The van der Waals surface area contributed by atoms with Crippen LogP contribution in [0.15, 0.2) is 17.3 Å². The van der Waals surface area contributed by atoms with Crippen molar-refractivity contribution >= 4 is 30.1 Å². The molecule has 0 fully saturated rings. The first-order chi connectivity index (χ1) is 11.7. The van der Waals surface area contributed by atoms with E-state index in [0.717, 1.165) is 33.9 Å². The van der Waals surface area contributed by atoms with Crippen LogP contribution in [0.2, 0.25) is 0 Å². The molecule has 0 amide bonds. The van der Waals surface area contributed by atoms with Crippen LogP contribution in [0.5, 0.6) is 0 Å². The summed E-state index contributed by atoms with van der Waals surface area (Å²) >= 11 is 0. The maximum atomic E-state index is 11.4. The molecule has 0 aromatic carbocycles. The number of ether oxygens (including phenoxy) is 4. The summed E-state index contributed by atoms with van der Waals surface area (Å²) in [6.07, 6.45) is -0.272. The van der Waals surface area contributed by atoms with E-state index < -0.39 is 48.8 Å². The zero-order chi connectivity index (χ0) is 19.4. The maximum absolute atomic E-state index is 11.4. The second kappa shape index (κ2) is 11.6. The molecule has 0 radical (unpaired) electrons. The summed E-state index contributed by atoms with van der Waals surface area (Å²) in [5.74, 6) is -2.82. The number of carbonyl (C=O) groups is 4. The van der Waals surface area contributed by atoms with Gasteiger partial charge in [0.25, 0.3) is 0 Å². The smallest absolute Gasteiger partial charge is 0.303 e. The molecule has 3 atom stereocenters. The Balaban J connectivity index is 5.68. The van der Waals surface area contributed by atoms with E-state index in [1.807, 2.05) is 0 Å². The zero-order valence-corrected chi connectivity index (χ0v) is 14.3. The van der Waals surface area contributed by atoms with Crippen molar-refractivity contribution in [3.05, 3.63) is 12.2 Å². The molecule has 0 heterocycles. The summed E-state index contributed by atoms with van der Waals surface area (Å²) in [6, 6.07) is 0. The number of rotatable bonds is 9. The molecule has 1 N–H and O–H groups in total. The minimum Gasteiger partial charge on any atom is -0.462 e. The standard InChI is InChI=1S/C15H21NO9/c1-9(17)22-8-14(24-11(3)19)15(25-12(4)20)13(23-10(2)18)6-5-7-16-21/h5-7,13-15,21H,8H2,1-4H3/b6-5+,16-7+/t13-,14-,15+/m1/s1. The minimum absolute atomic E-state index is 0.424. The Hall–Kier alpha value is -2.91.